The number of ether oxygens (including phenoxy) is 1. The third-order valence-electron chi connectivity index (χ3n) is 5.32. The number of fused-ring (bicyclic) bond motifs is 3. The topological polar surface area (TPSA) is 40.3 Å². The zero-order valence-electron chi connectivity index (χ0n) is 15.2. The molecule has 0 bridgehead atoms. The summed E-state index contributed by atoms with van der Waals surface area (Å²) in [6, 6.07) is 23.4. The van der Waals surface area contributed by atoms with Crippen LogP contribution in [0.1, 0.15) is 5.56 Å². The van der Waals surface area contributed by atoms with Gasteiger partial charge >= 0.3 is 0 Å². The summed E-state index contributed by atoms with van der Waals surface area (Å²) in [5.41, 5.74) is 4.68. The number of nitrogens with one attached hydrogen (secondary N) is 2. The summed E-state index contributed by atoms with van der Waals surface area (Å²) in [6.07, 6.45) is 0. The van der Waals surface area contributed by atoms with Gasteiger partial charge in [-0.2, -0.15) is 0 Å². The number of aromatic nitrogens is 1. The summed E-state index contributed by atoms with van der Waals surface area (Å²) in [7, 11) is 0. The van der Waals surface area contributed by atoms with Crippen molar-refractivity contribution in [2.45, 2.75) is 6.61 Å². The van der Waals surface area contributed by atoms with Gasteiger partial charge in [0, 0.05) is 48.2 Å². The third-order valence-corrected chi connectivity index (χ3v) is 5.32. The van der Waals surface area contributed by atoms with Crippen LogP contribution in [0.25, 0.3) is 21.8 Å². The molecule has 27 heavy (non-hydrogen) atoms. The van der Waals surface area contributed by atoms with Crippen LogP contribution in [0.2, 0.25) is 0 Å². The van der Waals surface area contributed by atoms with Gasteiger partial charge in [-0.25, -0.2) is 0 Å². The molecule has 1 fully saturated rings. The Morgan fingerprint density at radius 1 is 0.815 bits per heavy atom. The fraction of sp³-hybridized carbons (Fsp3) is 0.217. The Bertz CT molecular complexity index is 1060. The number of aromatic amines is 1. The van der Waals surface area contributed by atoms with Gasteiger partial charge in [-0.1, -0.05) is 42.5 Å². The molecule has 4 nitrogen and oxygen atoms in total. The number of hydrogen-bond donors (Lipinski definition) is 2. The summed E-state index contributed by atoms with van der Waals surface area (Å²) >= 11 is 0. The van der Waals surface area contributed by atoms with Crippen LogP contribution in [0, 0.1) is 0 Å². The number of para-hydroxylation sites is 2. The highest BCUT2D eigenvalue weighted by molar-refractivity contribution is 6.09. The molecule has 0 spiro atoms. The van der Waals surface area contributed by atoms with E-state index in [-0.39, 0.29) is 0 Å². The lowest BCUT2D eigenvalue weighted by atomic mass is 10.1. The molecule has 1 aliphatic heterocycles. The molecular weight excluding hydrogens is 334 g/mol. The van der Waals surface area contributed by atoms with Gasteiger partial charge in [0.2, 0.25) is 0 Å². The predicted octanol–water partition coefficient (Wildman–Crippen LogP) is 4.31. The molecule has 0 saturated carbocycles. The van der Waals surface area contributed by atoms with Crippen molar-refractivity contribution in [3.63, 3.8) is 0 Å². The first-order valence-corrected chi connectivity index (χ1v) is 9.55. The Morgan fingerprint density at radius 2 is 1.59 bits per heavy atom. The quantitative estimate of drug-likeness (QED) is 0.572. The minimum Gasteiger partial charge on any atom is -0.487 e. The zero-order valence-corrected chi connectivity index (χ0v) is 15.2. The van der Waals surface area contributed by atoms with Crippen LogP contribution in [0.4, 0.5) is 5.69 Å². The minimum absolute atomic E-state index is 0.566. The van der Waals surface area contributed by atoms with E-state index in [1.807, 2.05) is 6.07 Å². The highest BCUT2D eigenvalue weighted by atomic mass is 16.5. The molecule has 1 aliphatic rings. The molecule has 136 valence electrons. The van der Waals surface area contributed by atoms with Crippen molar-refractivity contribution >= 4 is 27.5 Å². The first kappa shape index (κ1) is 16.2. The lowest BCUT2D eigenvalue weighted by Crippen LogP contribution is -2.43. The second-order valence-corrected chi connectivity index (χ2v) is 7.04. The van der Waals surface area contributed by atoms with Gasteiger partial charge < -0.3 is 19.9 Å². The van der Waals surface area contributed by atoms with Crippen molar-refractivity contribution in [1.29, 1.82) is 0 Å². The standard InChI is InChI=1S/C23H23N3O/c1-2-6-21-19(4-1)20-5-3-7-22(23(20)25-21)27-16-17-8-10-18(11-9-17)26-14-12-24-13-15-26/h1-11,24-25H,12-16H2. The fourth-order valence-electron chi connectivity index (χ4n) is 3.85. The normalized spacial score (nSPS) is 14.7. The Balaban J connectivity index is 1.35. The van der Waals surface area contributed by atoms with Crippen LogP contribution in [-0.4, -0.2) is 31.2 Å². The van der Waals surface area contributed by atoms with Gasteiger partial charge in [-0.15, -0.1) is 0 Å². The average Bonchev–Trinajstić information content (AvgIpc) is 3.13. The molecule has 2 N–H and O–H groups in total. The molecule has 4 heteroatoms. The first-order valence-electron chi connectivity index (χ1n) is 9.55. The lowest BCUT2D eigenvalue weighted by molar-refractivity contribution is 0.309. The molecule has 5 rings (SSSR count). The van der Waals surface area contributed by atoms with E-state index in [2.05, 4.69) is 75.9 Å². The molecule has 0 unspecified atom stereocenters. The molecule has 2 heterocycles. The van der Waals surface area contributed by atoms with Crippen molar-refractivity contribution in [3.8, 4) is 5.75 Å². The van der Waals surface area contributed by atoms with Gasteiger partial charge in [0.1, 0.15) is 12.4 Å². The maximum atomic E-state index is 6.17. The van der Waals surface area contributed by atoms with Gasteiger partial charge in [0.25, 0.3) is 0 Å². The van der Waals surface area contributed by atoms with Crippen LogP contribution in [0.5, 0.6) is 5.75 Å². The Labute approximate surface area is 158 Å². The first-order chi connectivity index (χ1) is 13.4. The average molecular weight is 357 g/mol. The molecule has 0 aliphatic carbocycles. The van der Waals surface area contributed by atoms with E-state index >= 15 is 0 Å². The number of nitrogens with zero attached hydrogens (tertiary/aromatic N) is 1. The SMILES string of the molecule is c1ccc2c(c1)[nH]c1c(OCc3ccc(N4CCNCC4)cc3)cccc12. The predicted molar refractivity (Wildman–Crippen MR) is 112 cm³/mol. The fourth-order valence-corrected chi connectivity index (χ4v) is 3.85. The second kappa shape index (κ2) is 6.97. The summed E-state index contributed by atoms with van der Waals surface area (Å²) in [6.45, 7) is 4.81. The number of rotatable bonds is 4. The zero-order chi connectivity index (χ0) is 18.1. The second-order valence-electron chi connectivity index (χ2n) is 7.04. The van der Waals surface area contributed by atoms with Crippen LogP contribution in [0.3, 0.4) is 0 Å². The van der Waals surface area contributed by atoms with Gasteiger partial charge in [0.15, 0.2) is 0 Å². The number of piperazine rings is 1. The third kappa shape index (κ3) is 3.13. The molecule has 0 atom stereocenters. The number of hydrogen-bond acceptors (Lipinski definition) is 3. The summed E-state index contributed by atoms with van der Waals surface area (Å²) in [5.74, 6) is 0.898. The molecule has 4 aromatic rings. The van der Waals surface area contributed by atoms with Crippen LogP contribution < -0.4 is 15.0 Å². The van der Waals surface area contributed by atoms with E-state index in [9.17, 15) is 0 Å². The smallest absolute Gasteiger partial charge is 0.143 e. The van der Waals surface area contributed by atoms with Crippen molar-refractivity contribution < 1.29 is 4.74 Å². The van der Waals surface area contributed by atoms with Crippen LogP contribution in [0.15, 0.2) is 66.7 Å². The van der Waals surface area contributed by atoms with E-state index in [1.165, 1.54) is 22.0 Å². The van der Waals surface area contributed by atoms with E-state index in [1.54, 1.807) is 0 Å². The highest BCUT2D eigenvalue weighted by Crippen LogP contribution is 2.32. The van der Waals surface area contributed by atoms with Crippen molar-refractivity contribution in [1.82, 2.24) is 10.3 Å². The van der Waals surface area contributed by atoms with E-state index in [4.69, 9.17) is 4.74 Å². The molecule has 1 aromatic heterocycles. The Morgan fingerprint density at radius 3 is 2.44 bits per heavy atom. The molecular formula is C23H23N3O. The van der Waals surface area contributed by atoms with E-state index in [0.29, 0.717) is 6.61 Å². The van der Waals surface area contributed by atoms with Gasteiger partial charge in [-0.3, -0.25) is 0 Å². The van der Waals surface area contributed by atoms with Gasteiger partial charge in [0.05, 0.1) is 5.52 Å². The number of benzene rings is 3. The number of anilines is 1. The molecule has 0 amide bonds. The Hall–Kier alpha value is -2.98. The van der Waals surface area contributed by atoms with Crippen molar-refractivity contribution in [2.24, 2.45) is 0 Å². The maximum Gasteiger partial charge on any atom is 0.143 e. The highest BCUT2D eigenvalue weighted by Gasteiger charge is 2.11. The maximum absolute atomic E-state index is 6.17. The monoisotopic (exact) mass is 357 g/mol. The van der Waals surface area contributed by atoms with Crippen LogP contribution in [-0.2, 0) is 6.61 Å². The summed E-state index contributed by atoms with van der Waals surface area (Å²) in [4.78, 5) is 5.92. The van der Waals surface area contributed by atoms with E-state index in [0.717, 1.165) is 43.0 Å². The minimum atomic E-state index is 0.566. The Kier molecular flexibility index (Phi) is 4.18. The lowest BCUT2D eigenvalue weighted by Gasteiger charge is -2.29. The molecule has 1 saturated heterocycles. The number of H-pyrrole nitrogens is 1. The molecule has 3 aromatic carbocycles. The molecule has 0 radical (unpaired) electrons. The largest absolute Gasteiger partial charge is 0.487 e. The van der Waals surface area contributed by atoms with Crippen molar-refractivity contribution in [3.05, 3.63) is 72.3 Å². The van der Waals surface area contributed by atoms with Crippen LogP contribution >= 0.6 is 0 Å². The summed E-state index contributed by atoms with van der Waals surface area (Å²) < 4.78 is 6.17. The van der Waals surface area contributed by atoms with Crippen molar-refractivity contribution in [2.75, 3.05) is 31.1 Å². The van der Waals surface area contributed by atoms with Gasteiger partial charge in [-0.05, 0) is 29.8 Å². The van der Waals surface area contributed by atoms with E-state index < -0.39 is 0 Å². The summed E-state index contributed by atoms with van der Waals surface area (Å²) in [5, 5.41) is 5.83.